The number of para-hydroxylation sites is 1. The van der Waals surface area contributed by atoms with Crippen LogP contribution in [-0.2, 0) is 13.0 Å². The fourth-order valence-corrected chi connectivity index (χ4v) is 2.36. The van der Waals surface area contributed by atoms with Crippen LogP contribution in [0.3, 0.4) is 0 Å². The molecular formula is C18H19N5O. The van der Waals surface area contributed by atoms with E-state index in [1.165, 1.54) is 10.2 Å². The summed E-state index contributed by atoms with van der Waals surface area (Å²) < 4.78 is 1.53. The fraction of sp³-hybridized carbons (Fsp3) is 0.167. The van der Waals surface area contributed by atoms with Gasteiger partial charge in [0.25, 0.3) is 5.91 Å². The molecular weight excluding hydrogens is 302 g/mol. The molecule has 0 saturated carbocycles. The van der Waals surface area contributed by atoms with Crippen LogP contribution in [0.15, 0.2) is 54.6 Å². The predicted molar refractivity (Wildman–Crippen MR) is 93.8 cm³/mol. The van der Waals surface area contributed by atoms with E-state index in [-0.39, 0.29) is 17.4 Å². The lowest BCUT2D eigenvalue weighted by molar-refractivity contribution is 0.102. The number of rotatable bonds is 5. The molecule has 1 heterocycles. The number of nitrogens with one attached hydrogen (secondary N) is 1. The van der Waals surface area contributed by atoms with Crippen LogP contribution >= 0.6 is 0 Å². The molecule has 6 nitrogen and oxygen atoms in total. The van der Waals surface area contributed by atoms with E-state index in [0.29, 0.717) is 12.2 Å². The van der Waals surface area contributed by atoms with Gasteiger partial charge in [0.05, 0.1) is 6.54 Å². The molecule has 0 bridgehead atoms. The zero-order valence-corrected chi connectivity index (χ0v) is 13.4. The lowest BCUT2D eigenvalue weighted by Crippen LogP contribution is -2.15. The number of nitrogen functional groups attached to an aromatic ring is 1. The minimum atomic E-state index is -0.369. The lowest BCUT2D eigenvalue weighted by Gasteiger charge is -2.06. The van der Waals surface area contributed by atoms with E-state index in [0.717, 1.165) is 12.0 Å². The number of aryl methyl sites for hydroxylation is 1. The number of carbonyl (C=O) groups excluding carboxylic acids is 1. The van der Waals surface area contributed by atoms with Crippen LogP contribution in [0.5, 0.6) is 0 Å². The molecule has 1 aromatic heterocycles. The molecule has 2 aromatic carbocycles. The largest absolute Gasteiger partial charge is 0.382 e. The number of anilines is 2. The molecule has 3 N–H and O–H groups in total. The Hall–Kier alpha value is -3.15. The topological polar surface area (TPSA) is 85.8 Å². The molecule has 1 amide bonds. The second-order valence-electron chi connectivity index (χ2n) is 5.47. The Balaban J connectivity index is 1.74. The Kier molecular flexibility index (Phi) is 4.56. The van der Waals surface area contributed by atoms with Crippen LogP contribution in [0, 0.1) is 0 Å². The number of hydrogen-bond acceptors (Lipinski definition) is 4. The standard InChI is InChI=1S/C18H19N5O/c1-2-13-8-10-14(11-9-13)12-23-17(19)16(21-22-23)18(24)20-15-6-4-3-5-7-15/h3-11H,2,12,19H2,1H3,(H,20,24). The van der Waals surface area contributed by atoms with Gasteiger partial charge in [-0.05, 0) is 29.7 Å². The van der Waals surface area contributed by atoms with E-state index in [2.05, 4.69) is 34.7 Å². The average molecular weight is 321 g/mol. The van der Waals surface area contributed by atoms with E-state index in [1.807, 2.05) is 30.3 Å². The zero-order chi connectivity index (χ0) is 16.9. The van der Waals surface area contributed by atoms with Crippen LogP contribution in [0.1, 0.15) is 28.5 Å². The summed E-state index contributed by atoms with van der Waals surface area (Å²) in [5.41, 5.74) is 9.18. The first-order valence-corrected chi connectivity index (χ1v) is 7.80. The third kappa shape index (κ3) is 3.43. The van der Waals surface area contributed by atoms with Gasteiger partial charge in [-0.2, -0.15) is 0 Å². The van der Waals surface area contributed by atoms with E-state index >= 15 is 0 Å². The van der Waals surface area contributed by atoms with E-state index in [9.17, 15) is 4.79 Å². The molecule has 122 valence electrons. The van der Waals surface area contributed by atoms with Gasteiger partial charge in [-0.25, -0.2) is 4.68 Å². The highest BCUT2D eigenvalue weighted by molar-refractivity contribution is 6.05. The molecule has 3 rings (SSSR count). The quantitative estimate of drug-likeness (QED) is 0.756. The summed E-state index contributed by atoms with van der Waals surface area (Å²) in [6.07, 6.45) is 0.996. The molecule has 0 radical (unpaired) electrons. The Morgan fingerprint density at radius 1 is 1.08 bits per heavy atom. The Morgan fingerprint density at radius 3 is 2.42 bits per heavy atom. The van der Waals surface area contributed by atoms with E-state index in [4.69, 9.17) is 5.73 Å². The number of amides is 1. The van der Waals surface area contributed by atoms with Gasteiger partial charge in [-0.15, -0.1) is 5.10 Å². The van der Waals surface area contributed by atoms with Crippen molar-refractivity contribution in [2.45, 2.75) is 19.9 Å². The maximum absolute atomic E-state index is 12.3. The summed E-state index contributed by atoms with van der Waals surface area (Å²) in [4.78, 5) is 12.3. The SMILES string of the molecule is CCc1ccc(Cn2nnc(C(=O)Nc3ccccc3)c2N)cc1. The molecule has 0 atom stereocenters. The minimum absolute atomic E-state index is 0.129. The molecule has 24 heavy (non-hydrogen) atoms. The monoisotopic (exact) mass is 321 g/mol. The molecule has 0 aliphatic carbocycles. The maximum atomic E-state index is 12.3. The van der Waals surface area contributed by atoms with Gasteiger partial charge in [0, 0.05) is 5.69 Å². The Morgan fingerprint density at radius 2 is 1.75 bits per heavy atom. The van der Waals surface area contributed by atoms with E-state index < -0.39 is 0 Å². The van der Waals surface area contributed by atoms with Crippen LogP contribution in [0.25, 0.3) is 0 Å². The number of nitrogens with zero attached hydrogens (tertiary/aromatic N) is 3. The third-order valence-corrected chi connectivity index (χ3v) is 3.78. The summed E-state index contributed by atoms with van der Waals surface area (Å²) >= 11 is 0. The molecule has 0 fully saturated rings. The van der Waals surface area contributed by atoms with Gasteiger partial charge < -0.3 is 11.1 Å². The molecule has 3 aromatic rings. The zero-order valence-electron chi connectivity index (χ0n) is 13.4. The van der Waals surface area contributed by atoms with Gasteiger partial charge in [0.15, 0.2) is 11.5 Å². The number of hydrogen-bond donors (Lipinski definition) is 2. The highest BCUT2D eigenvalue weighted by atomic mass is 16.2. The van der Waals surface area contributed by atoms with Crippen molar-refractivity contribution in [3.05, 3.63) is 71.4 Å². The summed E-state index contributed by atoms with van der Waals surface area (Å²) in [6.45, 7) is 2.59. The summed E-state index contributed by atoms with van der Waals surface area (Å²) in [7, 11) is 0. The smallest absolute Gasteiger partial charge is 0.280 e. The van der Waals surface area contributed by atoms with Crippen molar-refractivity contribution in [3.63, 3.8) is 0 Å². The van der Waals surface area contributed by atoms with Crippen molar-refractivity contribution in [2.24, 2.45) is 0 Å². The fourth-order valence-electron chi connectivity index (χ4n) is 2.36. The second-order valence-corrected chi connectivity index (χ2v) is 5.47. The molecule has 0 saturated heterocycles. The Bertz CT molecular complexity index is 824. The summed E-state index contributed by atoms with van der Waals surface area (Å²) in [5.74, 6) is -0.116. The number of nitrogens with two attached hydrogens (primary N) is 1. The highest BCUT2D eigenvalue weighted by Gasteiger charge is 2.17. The van der Waals surface area contributed by atoms with Crippen molar-refractivity contribution in [1.82, 2.24) is 15.0 Å². The first kappa shape index (κ1) is 15.7. The van der Waals surface area contributed by atoms with Crippen LogP contribution < -0.4 is 11.1 Å². The van der Waals surface area contributed by atoms with Gasteiger partial charge in [0.1, 0.15) is 0 Å². The maximum Gasteiger partial charge on any atom is 0.280 e. The average Bonchev–Trinajstić information content (AvgIpc) is 2.97. The third-order valence-electron chi connectivity index (χ3n) is 3.78. The van der Waals surface area contributed by atoms with Gasteiger partial charge >= 0.3 is 0 Å². The van der Waals surface area contributed by atoms with Gasteiger partial charge in [-0.3, -0.25) is 4.79 Å². The second kappa shape index (κ2) is 6.95. The summed E-state index contributed by atoms with van der Waals surface area (Å²) in [6, 6.07) is 17.4. The van der Waals surface area contributed by atoms with E-state index in [1.54, 1.807) is 12.1 Å². The molecule has 0 aliphatic rings. The number of benzene rings is 2. The molecule has 0 unspecified atom stereocenters. The van der Waals surface area contributed by atoms with Crippen LogP contribution in [0.2, 0.25) is 0 Å². The normalized spacial score (nSPS) is 10.5. The highest BCUT2D eigenvalue weighted by Crippen LogP contribution is 2.14. The van der Waals surface area contributed by atoms with Crippen molar-refractivity contribution in [3.8, 4) is 0 Å². The van der Waals surface area contributed by atoms with Crippen molar-refractivity contribution in [2.75, 3.05) is 11.1 Å². The Labute approximate surface area is 140 Å². The molecule has 6 heteroatoms. The van der Waals surface area contributed by atoms with Crippen LogP contribution in [0.4, 0.5) is 11.5 Å². The summed E-state index contributed by atoms with van der Waals surface area (Å²) in [5, 5.41) is 10.7. The van der Waals surface area contributed by atoms with Crippen molar-refractivity contribution < 1.29 is 4.79 Å². The van der Waals surface area contributed by atoms with Gasteiger partial charge in [0.2, 0.25) is 0 Å². The number of aromatic nitrogens is 3. The first-order valence-electron chi connectivity index (χ1n) is 7.80. The molecule has 0 aliphatic heterocycles. The van der Waals surface area contributed by atoms with Crippen molar-refractivity contribution in [1.29, 1.82) is 0 Å². The number of carbonyl (C=O) groups is 1. The first-order chi connectivity index (χ1) is 11.7. The van der Waals surface area contributed by atoms with Crippen LogP contribution in [-0.4, -0.2) is 20.9 Å². The molecule has 0 spiro atoms. The minimum Gasteiger partial charge on any atom is -0.382 e. The van der Waals surface area contributed by atoms with Gasteiger partial charge in [-0.1, -0.05) is 54.6 Å². The lowest BCUT2D eigenvalue weighted by atomic mass is 10.1. The predicted octanol–water partition coefficient (Wildman–Crippen LogP) is 2.72. The van der Waals surface area contributed by atoms with Crippen molar-refractivity contribution >= 4 is 17.4 Å².